The van der Waals surface area contributed by atoms with Crippen LogP contribution in [0.1, 0.15) is 5.56 Å². The highest BCUT2D eigenvalue weighted by Gasteiger charge is 2.44. The van der Waals surface area contributed by atoms with Crippen molar-refractivity contribution in [1.82, 2.24) is 5.32 Å². The first-order valence-electron chi connectivity index (χ1n) is 9.23. The van der Waals surface area contributed by atoms with Crippen molar-refractivity contribution < 1.29 is 37.6 Å². The lowest BCUT2D eigenvalue weighted by Crippen LogP contribution is -2.62. The third-order valence-corrected chi connectivity index (χ3v) is 6.45. The lowest BCUT2D eigenvalue weighted by Gasteiger charge is -2.42. The van der Waals surface area contributed by atoms with E-state index in [9.17, 15) is 32.9 Å². The molecule has 1 heterocycles. The summed E-state index contributed by atoms with van der Waals surface area (Å²) < 4.78 is 60.3. The van der Waals surface area contributed by atoms with E-state index in [-0.39, 0.29) is 16.2 Å². The van der Waals surface area contributed by atoms with Crippen molar-refractivity contribution in [3.63, 3.8) is 0 Å². The van der Waals surface area contributed by atoms with Crippen LogP contribution in [-0.2, 0) is 4.74 Å². The highest BCUT2D eigenvalue weighted by molar-refractivity contribution is 9.10. The van der Waals surface area contributed by atoms with Crippen LogP contribution in [0.5, 0.6) is 0 Å². The third-order valence-electron chi connectivity index (χ3n) is 4.77. The van der Waals surface area contributed by atoms with Crippen LogP contribution in [0, 0.1) is 23.3 Å². The molecule has 3 rings (SSSR count). The van der Waals surface area contributed by atoms with Crippen molar-refractivity contribution >= 4 is 33.4 Å². The zero-order valence-corrected chi connectivity index (χ0v) is 18.6. The zero-order chi connectivity index (χ0) is 23.6. The molecular weight excluding hydrogens is 520 g/mol. The number of benzene rings is 2. The van der Waals surface area contributed by atoms with E-state index in [0.717, 1.165) is 18.0 Å². The first-order valence-corrected chi connectivity index (χ1v) is 10.9. The summed E-state index contributed by atoms with van der Waals surface area (Å²) in [4.78, 5) is 0.155. The molecule has 32 heavy (non-hydrogen) atoms. The van der Waals surface area contributed by atoms with Gasteiger partial charge in [0.05, 0.1) is 18.3 Å². The standard InChI is InChI=1S/C20H19BrF4N2O4S/c21-9-1-2-10(22)15(5-9)32-20-19(30)17(18(29)14(7-28)31-20)27-6-13(26)8-3-11(23)16(25)12(24)4-8/h1-6,14,17-20,27-30H,7,26H2/b13-6-. The summed E-state index contributed by atoms with van der Waals surface area (Å²) in [6.07, 6.45) is -2.88. The molecule has 0 amide bonds. The summed E-state index contributed by atoms with van der Waals surface area (Å²) in [6.45, 7) is -0.600. The van der Waals surface area contributed by atoms with Crippen LogP contribution >= 0.6 is 27.7 Å². The maximum Gasteiger partial charge on any atom is 0.194 e. The Labute approximate surface area is 193 Å². The molecule has 1 aliphatic heterocycles. The minimum Gasteiger partial charge on any atom is -0.397 e. The van der Waals surface area contributed by atoms with Gasteiger partial charge < -0.3 is 31.1 Å². The average molecular weight is 539 g/mol. The van der Waals surface area contributed by atoms with E-state index in [4.69, 9.17) is 10.5 Å². The van der Waals surface area contributed by atoms with Gasteiger partial charge in [-0.05, 0) is 30.3 Å². The molecule has 5 atom stereocenters. The molecule has 2 aromatic carbocycles. The van der Waals surface area contributed by atoms with Gasteiger partial charge in [0.2, 0.25) is 0 Å². The van der Waals surface area contributed by atoms with Gasteiger partial charge in [0.15, 0.2) is 17.5 Å². The quantitative estimate of drug-likeness (QED) is 0.284. The molecule has 0 aromatic heterocycles. The predicted octanol–water partition coefficient (Wildman–Crippen LogP) is 2.45. The van der Waals surface area contributed by atoms with E-state index >= 15 is 0 Å². The van der Waals surface area contributed by atoms with Gasteiger partial charge in [-0.3, -0.25) is 0 Å². The molecule has 0 bridgehead atoms. The number of ether oxygens (including phenoxy) is 1. The second-order valence-electron chi connectivity index (χ2n) is 6.95. The van der Waals surface area contributed by atoms with Crippen molar-refractivity contribution in [3.8, 4) is 0 Å². The van der Waals surface area contributed by atoms with Gasteiger partial charge in [0, 0.05) is 21.1 Å². The SMILES string of the molecule is N/C(=C\NC1C(O)C(CO)OC(Sc2cc(Br)ccc2F)C1O)c1cc(F)c(F)c(F)c1. The van der Waals surface area contributed by atoms with Crippen LogP contribution in [0.15, 0.2) is 45.9 Å². The number of hydrogen-bond acceptors (Lipinski definition) is 7. The maximum absolute atomic E-state index is 14.1. The van der Waals surface area contributed by atoms with E-state index in [1.54, 1.807) is 0 Å². The van der Waals surface area contributed by atoms with Crippen LogP contribution < -0.4 is 11.1 Å². The fourth-order valence-corrected chi connectivity index (χ4v) is 4.71. The fraction of sp³-hybridized carbons (Fsp3) is 0.300. The largest absolute Gasteiger partial charge is 0.397 e. The highest BCUT2D eigenvalue weighted by atomic mass is 79.9. The Morgan fingerprint density at radius 3 is 2.38 bits per heavy atom. The normalized spacial score (nSPS) is 26.2. The maximum atomic E-state index is 14.1. The monoisotopic (exact) mass is 538 g/mol. The topological polar surface area (TPSA) is 108 Å². The van der Waals surface area contributed by atoms with Gasteiger partial charge in [-0.15, -0.1) is 0 Å². The zero-order valence-electron chi connectivity index (χ0n) is 16.2. The Kier molecular flexibility index (Phi) is 8.06. The summed E-state index contributed by atoms with van der Waals surface area (Å²) in [7, 11) is 0. The minimum absolute atomic E-state index is 0.155. The lowest BCUT2D eigenvalue weighted by molar-refractivity contribution is -0.164. The van der Waals surface area contributed by atoms with E-state index in [1.165, 1.54) is 18.2 Å². The van der Waals surface area contributed by atoms with Crippen molar-refractivity contribution in [1.29, 1.82) is 0 Å². The van der Waals surface area contributed by atoms with Gasteiger partial charge in [0.25, 0.3) is 0 Å². The second-order valence-corrected chi connectivity index (χ2v) is 9.00. The molecule has 2 aromatic rings. The number of thioether (sulfide) groups is 1. The Balaban J connectivity index is 1.82. The molecule has 0 spiro atoms. The fourth-order valence-electron chi connectivity index (χ4n) is 3.07. The first kappa shape index (κ1) is 24.8. The molecule has 1 fully saturated rings. The van der Waals surface area contributed by atoms with Crippen molar-refractivity contribution in [3.05, 3.63) is 69.8 Å². The first-order chi connectivity index (χ1) is 15.1. The number of nitrogens with one attached hydrogen (secondary N) is 1. The summed E-state index contributed by atoms with van der Waals surface area (Å²) in [5, 5.41) is 33.4. The number of aliphatic hydroxyl groups is 3. The van der Waals surface area contributed by atoms with Crippen molar-refractivity contribution in [2.24, 2.45) is 5.73 Å². The number of nitrogens with two attached hydrogens (primary N) is 1. The van der Waals surface area contributed by atoms with Crippen LogP contribution in [0.2, 0.25) is 0 Å². The Bertz CT molecular complexity index is 993. The van der Waals surface area contributed by atoms with Crippen LogP contribution in [0.25, 0.3) is 5.70 Å². The number of halogens is 5. The van der Waals surface area contributed by atoms with E-state index < -0.39 is 59.7 Å². The minimum atomic E-state index is -1.64. The summed E-state index contributed by atoms with van der Waals surface area (Å²) in [5.74, 6) is -5.07. The van der Waals surface area contributed by atoms with Gasteiger partial charge >= 0.3 is 0 Å². The number of aliphatic hydroxyl groups excluding tert-OH is 3. The summed E-state index contributed by atoms with van der Waals surface area (Å²) >= 11 is 4.07. The molecular formula is C20H19BrF4N2O4S. The predicted molar refractivity (Wildman–Crippen MR) is 113 cm³/mol. The van der Waals surface area contributed by atoms with Crippen LogP contribution in [0.4, 0.5) is 17.6 Å². The summed E-state index contributed by atoms with van der Waals surface area (Å²) in [6, 6.07) is 4.42. The van der Waals surface area contributed by atoms with Gasteiger partial charge in [0.1, 0.15) is 29.6 Å². The van der Waals surface area contributed by atoms with E-state index in [0.29, 0.717) is 16.6 Å². The number of hydrogen-bond donors (Lipinski definition) is 5. The summed E-state index contributed by atoms with van der Waals surface area (Å²) in [5.41, 5.74) is 4.31. The molecule has 5 unspecified atom stereocenters. The van der Waals surface area contributed by atoms with Crippen molar-refractivity contribution in [2.45, 2.75) is 34.7 Å². The van der Waals surface area contributed by atoms with Gasteiger partial charge in [-0.2, -0.15) is 0 Å². The Hall–Kier alpha value is -1.83. The van der Waals surface area contributed by atoms with Crippen LogP contribution in [-0.4, -0.2) is 51.7 Å². The molecule has 6 nitrogen and oxygen atoms in total. The molecule has 1 saturated heterocycles. The van der Waals surface area contributed by atoms with Gasteiger partial charge in [-0.1, -0.05) is 27.7 Å². The molecule has 174 valence electrons. The third kappa shape index (κ3) is 5.38. The molecule has 0 aliphatic carbocycles. The van der Waals surface area contributed by atoms with E-state index in [2.05, 4.69) is 21.2 Å². The average Bonchev–Trinajstić information content (AvgIpc) is 2.75. The molecule has 0 radical (unpaired) electrons. The lowest BCUT2D eigenvalue weighted by atomic mass is 9.97. The smallest absolute Gasteiger partial charge is 0.194 e. The molecule has 0 saturated carbocycles. The van der Waals surface area contributed by atoms with E-state index in [1.807, 2.05) is 0 Å². The second kappa shape index (κ2) is 10.4. The van der Waals surface area contributed by atoms with Gasteiger partial charge in [-0.25, -0.2) is 17.6 Å². The van der Waals surface area contributed by atoms with Crippen molar-refractivity contribution in [2.75, 3.05) is 6.61 Å². The Morgan fingerprint density at radius 1 is 1.09 bits per heavy atom. The molecule has 1 aliphatic rings. The molecule has 12 heteroatoms. The molecule has 6 N–H and O–H groups in total. The number of rotatable bonds is 6. The highest BCUT2D eigenvalue weighted by Crippen LogP contribution is 2.35. The Morgan fingerprint density at radius 2 is 1.75 bits per heavy atom. The van der Waals surface area contributed by atoms with Crippen LogP contribution in [0.3, 0.4) is 0 Å².